The number of piperazine rings is 1. The fourth-order valence-corrected chi connectivity index (χ4v) is 4.35. The van der Waals surface area contributed by atoms with Crippen LogP contribution in [-0.4, -0.2) is 90.0 Å². The van der Waals surface area contributed by atoms with Gasteiger partial charge in [0, 0.05) is 68.7 Å². The first-order valence-corrected chi connectivity index (χ1v) is 13.0. The van der Waals surface area contributed by atoms with Crippen molar-refractivity contribution in [2.45, 2.75) is 19.0 Å². The number of hydrogen-bond acceptors (Lipinski definition) is 7. The predicted molar refractivity (Wildman–Crippen MR) is 145 cm³/mol. The summed E-state index contributed by atoms with van der Waals surface area (Å²) < 4.78 is 38.8. The molecule has 40 heavy (non-hydrogen) atoms. The van der Waals surface area contributed by atoms with E-state index < -0.39 is 18.8 Å². The van der Waals surface area contributed by atoms with Crippen LogP contribution in [0.15, 0.2) is 53.9 Å². The Kier molecular flexibility index (Phi) is 9.93. The topological polar surface area (TPSA) is 110 Å². The number of carbonyl (C=O) groups excluding carboxylic acids is 1. The standard InChI is InChI=1S/C27H31F3N8O2/c28-27(29,30)20-33-26(39)35-23-5-1-4-22(17-23)24-19-32-25-16-21(6-10-38(24)25)18-34-40-15-3-9-37-13-11-36(12-14-37)8-2-7-31/h1,4-6,10,16-19H,2-3,8-9,11-15,20H2,(H2,33,35,39). The number of nitrogens with zero attached hydrogens (tertiary/aromatic N) is 6. The molecule has 1 saturated heterocycles. The number of oxime groups is 1. The lowest BCUT2D eigenvalue weighted by atomic mass is 10.1. The minimum Gasteiger partial charge on any atom is -0.396 e. The molecule has 13 heteroatoms. The van der Waals surface area contributed by atoms with Gasteiger partial charge in [0.05, 0.1) is 24.2 Å². The molecule has 3 aromatic rings. The molecule has 0 aliphatic carbocycles. The monoisotopic (exact) mass is 556 g/mol. The van der Waals surface area contributed by atoms with Gasteiger partial charge in [-0.3, -0.25) is 9.30 Å². The average Bonchev–Trinajstić information content (AvgIpc) is 3.36. The zero-order chi connectivity index (χ0) is 28.4. The smallest absolute Gasteiger partial charge is 0.396 e. The van der Waals surface area contributed by atoms with E-state index >= 15 is 0 Å². The first-order chi connectivity index (χ1) is 19.3. The highest BCUT2D eigenvalue weighted by atomic mass is 19.4. The molecule has 0 saturated carbocycles. The van der Waals surface area contributed by atoms with Gasteiger partial charge in [-0.1, -0.05) is 17.3 Å². The van der Waals surface area contributed by atoms with E-state index in [1.807, 2.05) is 28.8 Å². The number of anilines is 1. The Labute approximate surface area is 230 Å². The van der Waals surface area contributed by atoms with Crippen molar-refractivity contribution in [3.05, 3.63) is 54.4 Å². The van der Waals surface area contributed by atoms with Gasteiger partial charge in [-0.25, -0.2) is 9.78 Å². The zero-order valence-electron chi connectivity index (χ0n) is 21.9. The summed E-state index contributed by atoms with van der Waals surface area (Å²) in [5, 5.41) is 17.0. The van der Waals surface area contributed by atoms with Crippen molar-refractivity contribution in [1.29, 1.82) is 5.26 Å². The highest BCUT2D eigenvalue weighted by Crippen LogP contribution is 2.24. The van der Waals surface area contributed by atoms with Crippen LogP contribution in [0.4, 0.5) is 23.7 Å². The second-order valence-corrected chi connectivity index (χ2v) is 9.35. The van der Waals surface area contributed by atoms with Crippen LogP contribution >= 0.6 is 0 Å². The third kappa shape index (κ3) is 8.69. The van der Waals surface area contributed by atoms with Crippen molar-refractivity contribution in [3.63, 3.8) is 0 Å². The molecule has 2 amide bonds. The molecular weight excluding hydrogens is 525 g/mol. The third-order valence-electron chi connectivity index (χ3n) is 6.39. The highest BCUT2D eigenvalue weighted by molar-refractivity contribution is 5.90. The summed E-state index contributed by atoms with van der Waals surface area (Å²) in [5.41, 5.74) is 3.32. The molecule has 1 fully saturated rings. The van der Waals surface area contributed by atoms with Gasteiger partial charge in [-0.2, -0.15) is 18.4 Å². The second-order valence-electron chi connectivity index (χ2n) is 9.35. The number of nitriles is 1. The second kappa shape index (κ2) is 13.8. The number of imidazole rings is 1. The van der Waals surface area contributed by atoms with E-state index in [0.29, 0.717) is 24.4 Å². The molecule has 2 aromatic heterocycles. The van der Waals surface area contributed by atoms with Crippen molar-refractivity contribution >= 4 is 23.6 Å². The molecule has 0 unspecified atom stereocenters. The number of halogens is 3. The molecule has 0 spiro atoms. The Bertz CT molecular complexity index is 1340. The van der Waals surface area contributed by atoms with Crippen LogP contribution in [-0.2, 0) is 4.84 Å². The van der Waals surface area contributed by atoms with Crippen molar-refractivity contribution < 1.29 is 22.8 Å². The Morgan fingerprint density at radius 3 is 2.67 bits per heavy atom. The fourth-order valence-electron chi connectivity index (χ4n) is 4.35. The van der Waals surface area contributed by atoms with Crippen LogP contribution < -0.4 is 10.6 Å². The van der Waals surface area contributed by atoms with Gasteiger partial charge in [0.15, 0.2) is 0 Å². The van der Waals surface area contributed by atoms with Crippen LogP contribution in [0, 0.1) is 11.3 Å². The van der Waals surface area contributed by atoms with E-state index in [1.54, 1.807) is 35.9 Å². The number of hydrogen-bond donors (Lipinski definition) is 2. The van der Waals surface area contributed by atoms with Gasteiger partial charge in [0.2, 0.25) is 0 Å². The molecule has 0 atom stereocenters. The Morgan fingerprint density at radius 2 is 1.93 bits per heavy atom. The van der Waals surface area contributed by atoms with E-state index in [9.17, 15) is 18.0 Å². The maximum atomic E-state index is 12.3. The summed E-state index contributed by atoms with van der Waals surface area (Å²) in [6.45, 7) is 4.87. The van der Waals surface area contributed by atoms with E-state index in [0.717, 1.165) is 62.5 Å². The Balaban J connectivity index is 1.25. The lowest BCUT2D eigenvalue weighted by Gasteiger charge is -2.34. The van der Waals surface area contributed by atoms with Gasteiger partial charge in [-0.05, 0) is 30.7 Å². The zero-order valence-corrected chi connectivity index (χ0v) is 21.9. The van der Waals surface area contributed by atoms with E-state index in [1.165, 1.54) is 0 Å². The van der Waals surface area contributed by atoms with Crippen molar-refractivity contribution in [1.82, 2.24) is 24.5 Å². The largest absolute Gasteiger partial charge is 0.405 e. The number of nitrogens with one attached hydrogen (secondary N) is 2. The van der Waals surface area contributed by atoms with Gasteiger partial charge in [0.25, 0.3) is 0 Å². The maximum absolute atomic E-state index is 12.3. The first-order valence-electron chi connectivity index (χ1n) is 13.0. The minimum atomic E-state index is -4.48. The molecule has 1 aromatic carbocycles. The average molecular weight is 557 g/mol. The lowest BCUT2D eigenvalue weighted by molar-refractivity contribution is -0.122. The molecule has 2 N–H and O–H groups in total. The van der Waals surface area contributed by atoms with Crippen molar-refractivity contribution in [2.24, 2.45) is 5.16 Å². The van der Waals surface area contributed by atoms with Crippen LogP contribution in [0.25, 0.3) is 16.9 Å². The van der Waals surface area contributed by atoms with Crippen molar-refractivity contribution in [2.75, 3.05) is 57.7 Å². The quantitative estimate of drug-likeness (QED) is 0.210. The molecular formula is C27H31F3N8O2. The van der Waals surface area contributed by atoms with Crippen molar-refractivity contribution in [3.8, 4) is 17.3 Å². The maximum Gasteiger partial charge on any atom is 0.405 e. The SMILES string of the molecule is N#CCCN1CCN(CCCON=Cc2ccn3c(-c4cccc(NC(=O)NCC(F)(F)F)c4)cnc3c2)CC1. The number of amides is 2. The number of pyridine rings is 1. The molecule has 4 rings (SSSR count). The molecule has 10 nitrogen and oxygen atoms in total. The van der Waals surface area contributed by atoms with Gasteiger partial charge >= 0.3 is 12.2 Å². The molecule has 1 aliphatic rings. The number of fused-ring (bicyclic) bond motifs is 1. The first kappa shape index (κ1) is 28.8. The van der Waals surface area contributed by atoms with Gasteiger partial charge in [-0.15, -0.1) is 0 Å². The summed E-state index contributed by atoms with van der Waals surface area (Å²) in [6, 6.07) is 11.7. The molecule has 0 radical (unpaired) electrons. The minimum absolute atomic E-state index is 0.353. The van der Waals surface area contributed by atoms with Gasteiger partial charge < -0.3 is 20.4 Å². The third-order valence-corrected chi connectivity index (χ3v) is 6.39. The molecule has 0 bridgehead atoms. The van der Waals surface area contributed by atoms with Crippen LogP contribution in [0.1, 0.15) is 18.4 Å². The molecule has 3 heterocycles. The fraction of sp³-hybridized carbons (Fsp3) is 0.407. The van der Waals surface area contributed by atoms with E-state index in [-0.39, 0.29) is 0 Å². The Hall–Kier alpha value is -4.15. The number of urea groups is 1. The van der Waals surface area contributed by atoms with Gasteiger partial charge in [0.1, 0.15) is 18.8 Å². The van der Waals surface area contributed by atoms with Crippen LogP contribution in [0.2, 0.25) is 0 Å². The normalized spacial score (nSPS) is 14.8. The van der Waals surface area contributed by atoms with E-state index in [4.69, 9.17) is 10.1 Å². The Morgan fingerprint density at radius 1 is 1.15 bits per heavy atom. The summed E-state index contributed by atoms with van der Waals surface area (Å²) in [4.78, 5) is 26.4. The lowest BCUT2D eigenvalue weighted by Crippen LogP contribution is -2.46. The highest BCUT2D eigenvalue weighted by Gasteiger charge is 2.27. The van der Waals surface area contributed by atoms with E-state index in [2.05, 4.69) is 31.3 Å². The number of carbonyl (C=O) groups is 1. The summed E-state index contributed by atoms with van der Waals surface area (Å²) in [7, 11) is 0. The number of aromatic nitrogens is 2. The summed E-state index contributed by atoms with van der Waals surface area (Å²) in [6.07, 6.45) is 2.11. The summed E-state index contributed by atoms with van der Waals surface area (Å²) >= 11 is 0. The van der Waals surface area contributed by atoms with Crippen LogP contribution in [0.5, 0.6) is 0 Å². The number of rotatable bonds is 11. The predicted octanol–water partition coefficient (Wildman–Crippen LogP) is 3.96. The molecule has 212 valence electrons. The number of alkyl halides is 3. The molecule has 1 aliphatic heterocycles. The number of benzene rings is 1. The van der Waals surface area contributed by atoms with Crippen LogP contribution in [0.3, 0.4) is 0 Å². The summed E-state index contributed by atoms with van der Waals surface area (Å²) in [5.74, 6) is 0.